The second-order valence-corrected chi connectivity index (χ2v) is 5.84. The van der Waals surface area contributed by atoms with Crippen molar-refractivity contribution < 1.29 is 28.5 Å². The van der Waals surface area contributed by atoms with E-state index in [-0.39, 0.29) is 0 Å². The van der Waals surface area contributed by atoms with Crippen LogP contribution in [0.1, 0.15) is 11.1 Å². The van der Waals surface area contributed by atoms with E-state index in [9.17, 15) is 9.59 Å². The summed E-state index contributed by atoms with van der Waals surface area (Å²) >= 11 is 0. The maximum Gasteiger partial charge on any atom is 0.331 e. The Morgan fingerprint density at radius 2 is 1.64 bits per heavy atom. The van der Waals surface area contributed by atoms with Crippen LogP contribution < -0.4 is 19.5 Å². The molecule has 148 valence electrons. The summed E-state index contributed by atoms with van der Waals surface area (Å²) in [6.07, 6.45) is 2.78. The normalized spacial score (nSPS) is 10.4. The second kappa shape index (κ2) is 10.0. The van der Waals surface area contributed by atoms with Crippen LogP contribution in [0.3, 0.4) is 0 Å². The van der Waals surface area contributed by atoms with Gasteiger partial charge in [0.25, 0.3) is 5.91 Å². The number of hydrogen-bond donors (Lipinski definition) is 1. The van der Waals surface area contributed by atoms with Gasteiger partial charge in [0.2, 0.25) is 0 Å². The molecule has 1 N–H and O–H groups in total. The molecule has 2 rings (SSSR count). The summed E-state index contributed by atoms with van der Waals surface area (Å²) in [5, 5.41) is 2.66. The zero-order valence-electron chi connectivity index (χ0n) is 16.3. The minimum absolute atomic E-state index is 0.415. The maximum atomic E-state index is 12.0. The lowest BCUT2D eigenvalue weighted by molar-refractivity contribution is -0.142. The molecule has 0 saturated heterocycles. The number of anilines is 1. The molecular weight excluding hydrogens is 362 g/mol. The molecule has 1 amide bonds. The van der Waals surface area contributed by atoms with E-state index >= 15 is 0 Å². The van der Waals surface area contributed by atoms with E-state index in [1.807, 2.05) is 13.0 Å². The molecular formula is C21H23NO6. The number of amides is 1. The number of nitrogens with one attached hydrogen (secondary N) is 1. The molecule has 0 aliphatic rings. The predicted octanol–water partition coefficient (Wildman–Crippen LogP) is 3.22. The molecule has 0 fully saturated rings. The average molecular weight is 385 g/mol. The molecule has 0 unspecified atom stereocenters. The van der Waals surface area contributed by atoms with Crippen LogP contribution in [0, 0.1) is 6.92 Å². The third-order valence-corrected chi connectivity index (χ3v) is 3.76. The summed E-state index contributed by atoms with van der Waals surface area (Å²) in [6, 6.07) is 10.6. The van der Waals surface area contributed by atoms with Crippen molar-refractivity contribution in [1.82, 2.24) is 0 Å². The molecule has 7 heteroatoms. The monoisotopic (exact) mass is 385 g/mol. The standard InChI is InChI=1S/C21H23NO6/c1-14-5-7-19(27-4)18(9-14)22-20(23)13-28-21(24)8-6-15-10-16(25-2)12-17(11-15)26-3/h5-12H,13H2,1-4H3,(H,22,23)/b8-6+. The lowest BCUT2D eigenvalue weighted by atomic mass is 10.2. The number of ether oxygens (including phenoxy) is 4. The first-order valence-electron chi connectivity index (χ1n) is 8.47. The van der Waals surface area contributed by atoms with Crippen molar-refractivity contribution in [2.24, 2.45) is 0 Å². The Hall–Kier alpha value is -3.48. The fourth-order valence-electron chi connectivity index (χ4n) is 2.38. The smallest absolute Gasteiger partial charge is 0.331 e. The van der Waals surface area contributed by atoms with Gasteiger partial charge in [-0.25, -0.2) is 4.79 Å². The third-order valence-electron chi connectivity index (χ3n) is 3.76. The van der Waals surface area contributed by atoms with E-state index in [2.05, 4.69) is 5.32 Å². The first kappa shape index (κ1) is 20.8. The Morgan fingerprint density at radius 1 is 0.964 bits per heavy atom. The quantitative estimate of drug-likeness (QED) is 0.555. The van der Waals surface area contributed by atoms with Crippen LogP contribution in [0.2, 0.25) is 0 Å². The van der Waals surface area contributed by atoms with Crippen LogP contribution in [0.25, 0.3) is 6.08 Å². The molecule has 2 aromatic carbocycles. The summed E-state index contributed by atoms with van der Waals surface area (Å²) in [6.45, 7) is 1.48. The van der Waals surface area contributed by atoms with Crippen LogP contribution in [-0.4, -0.2) is 39.8 Å². The lowest BCUT2D eigenvalue weighted by Gasteiger charge is -2.11. The highest BCUT2D eigenvalue weighted by atomic mass is 16.5. The van der Waals surface area contributed by atoms with Crippen molar-refractivity contribution in [2.45, 2.75) is 6.92 Å². The first-order valence-corrected chi connectivity index (χ1v) is 8.47. The van der Waals surface area contributed by atoms with E-state index in [4.69, 9.17) is 18.9 Å². The molecule has 28 heavy (non-hydrogen) atoms. The van der Waals surface area contributed by atoms with E-state index in [0.717, 1.165) is 5.56 Å². The van der Waals surface area contributed by atoms with Gasteiger partial charge >= 0.3 is 5.97 Å². The van der Waals surface area contributed by atoms with Gasteiger partial charge in [0, 0.05) is 12.1 Å². The largest absolute Gasteiger partial charge is 0.497 e. The van der Waals surface area contributed by atoms with Crippen molar-refractivity contribution in [1.29, 1.82) is 0 Å². The third kappa shape index (κ3) is 6.05. The summed E-state index contributed by atoms with van der Waals surface area (Å²) in [4.78, 5) is 23.9. The molecule has 0 aromatic heterocycles. The lowest BCUT2D eigenvalue weighted by Crippen LogP contribution is -2.20. The summed E-state index contributed by atoms with van der Waals surface area (Å²) < 4.78 is 20.5. The number of rotatable bonds is 8. The molecule has 0 aliphatic heterocycles. The van der Waals surface area contributed by atoms with Crippen LogP contribution in [0.15, 0.2) is 42.5 Å². The molecule has 0 heterocycles. The van der Waals surface area contributed by atoms with Crippen LogP contribution in [0.5, 0.6) is 17.2 Å². The average Bonchev–Trinajstić information content (AvgIpc) is 2.70. The number of methoxy groups -OCH3 is 3. The van der Waals surface area contributed by atoms with E-state index in [1.165, 1.54) is 13.2 Å². The van der Waals surface area contributed by atoms with Gasteiger partial charge in [0.05, 0.1) is 27.0 Å². The maximum absolute atomic E-state index is 12.0. The highest BCUT2D eigenvalue weighted by molar-refractivity contribution is 5.95. The SMILES string of the molecule is COc1cc(/C=C/C(=O)OCC(=O)Nc2cc(C)ccc2OC)cc(OC)c1. The minimum Gasteiger partial charge on any atom is -0.497 e. The van der Waals surface area contributed by atoms with Crippen molar-refractivity contribution in [3.63, 3.8) is 0 Å². The Kier molecular flexibility index (Phi) is 7.45. The summed E-state index contributed by atoms with van der Waals surface area (Å²) in [7, 11) is 4.59. The second-order valence-electron chi connectivity index (χ2n) is 5.84. The number of carbonyl (C=O) groups excluding carboxylic acids is 2. The number of esters is 1. The van der Waals surface area contributed by atoms with Crippen molar-refractivity contribution in [2.75, 3.05) is 33.3 Å². The van der Waals surface area contributed by atoms with Crippen LogP contribution in [-0.2, 0) is 14.3 Å². The Bertz CT molecular complexity index is 853. The summed E-state index contributed by atoms with van der Waals surface area (Å²) in [5.41, 5.74) is 2.18. The zero-order chi connectivity index (χ0) is 20.5. The van der Waals surface area contributed by atoms with Gasteiger partial charge in [-0.05, 0) is 48.4 Å². The number of carbonyl (C=O) groups is 2. The molecule has 0 aliphatic carbocycles. The zero-order valence-corrected chi connectivity index (χ0v) is 16.3. The molecule has 2 aromatic rings. The molecule has 0 radical (unpaired) electrons. The van der Waals surface area contributed by atoms with Crippen molar-refractivity contribution in [3.8, 4) is 17.2 Å². The van der Waals surface area contributed by atoms with Gasteiger partial charge in [-0.15, -0.1) is 0 Å². The fourth-order valence-corrected chi connectivity index (χ4v) is 2.38. The molecule has 0 spiro atoms. The molecule has 0 bridgehead atoms. The van der Waals surface area contributed by atoms with Crippen molar-refractivity contribution in [3.05, 3.63) is 53.6 Å². The van der Waals surface area contributed by atoms with E-state index < -0.39 is 18.5 Å². The van der Waals surface area contributed by atoms with E-state index in [0.29, 0.717) is 28.5 Å². The van der Waals surface area contributed by atoms with Gasteiger partial charge in [-0.2, -0.15) is 0 Å². The van der Waals surface area contributed by atoms with Gasteiger partial charge in [0.15, 0.2) is 6.61 Å². The molecule has 0 saturated carbocycles. The van der Waals surface area contributed by atoms with Crippen LogP contribution >= 0.6 is 0 Å². The minimum atomic E-state index is -0.645. The van der Waals surface area contributed by atoms with Crippen molar-refractivity contribution >= 4 is 23.6 Å². The fraction of sp³-hybridized carbons (Fsp3) is 0.238. The molecule has 0 atom stereocenters. The van der Waals surface area contributed by atoms with Gasteiger partial charge in [0.1, 0.15) is 17.2 Å². The number of benzene rings is 2. The number of aryl methyl sites for hydroxylation is 1. The highest BCUT2D eigenvalue weighted by Gasteiger charge is 2.10. The summed E-state index contributed by atoms with van der Waals surface area (Å²) in [5.74, 6) is 0.608. The number of hydrogen-bond acceptors (Lipinski definition) is 6. The van der Waals surface area contributed by atoms with Gasteiger partial charge in [-0.1, -0.05) is 6.07 Å². The first-order chi connectivity index (χ1) is 13.4. The highest BCUT2D eigenvalue weighted by Crippen LogP contribution is 2.25. The molecule has 7 nitrogen and oxygen atoms in total. The van der Waals surface area contributed by atoms with Gasteiger partial charge in [-0.3, -0.25) is 4.79 Å². The Balaban J connectivity index is 1.93. The predicted molar refractivity (Wildman–Crippen MR) is 106 cm³/mol. The Labute approximate surface area is 163 Å². The Morgan fingerprint density at radius 3 is 2.25 bits per heavy atom. The van der Waals surface area contributed by atoms with Gasteiger partial charge < -0.3 is 24.3 Å². The van der Waals surface area contributed by atoms with E-state index in [1.54, 1.807) is 50.6 Å². The van der Waals surface area contributed by atoms with Crippen LogP contribution in [0.4, 0.5) is 5.69 Å². The topological polar surface area (TPSA) is 83.1 Å².